The van der Waals surface area contributed by atoms with Gasteiger partial charge < -0.3 is 14.4 Å². The van der Waals surface area contributed by atoms with Crippen molar-refractivity contribution in [2.45, 2.75) is 49.5 Å². The highest BCUT2D eigenvalue weighted by atomic mass is 32.2. The number of carbonyl (C=O) groups is 1. The number of carbonyl (C=O) groups excluding carboxylic acids is 1. The van der Waals surface area contributed by atoms with Crippen LogP contribution < -0.4 is 10.1 Å². The summed E-state index contributed by atoms with van der Waals surface area (Å²) < 4.78 is 45.0. The maximum Gasteiger partial charge on any atom is 0.420 e. The molecule has 1 fully saturated rings. The Labute approximate surface area is 195 Å². The molecule has 1 aliphatic carbocycles. The second-order valence-corrected chi connectivity index (χ2v) is 11.5. The molecule has 1 aliphatic rings. The number of hydrogen-bond donors (Lipinski definition) is 2. The van der Waals surface area contributed by atoms with E-state index in [4.69, 9.17) is 4.74 Å². The van der Waals surface area contributed by atoms with Crippen LogP contribution in [0.25, 0.3) is 0 Å². The Morgan fingerprint density at radius 3 is 2.61 bits per heavy atom. The molecule has 0 bridgehead atoms. The van der Waals surface area contributed by atoms with Gasteiger partial charge in [0.2, 0.25) is 5.88 Å². The van der Waals surface area contributed by atoms with Gasteiger partial charge in [0, 0.05) is 17.8 Å². The number of halogens is 1. The van der Waals surface area contributed by atoms with Crippen LogP contribution in [-0.2, 0) is 16.4 Å². The summed E-state index contributed by atoms with van der Waals surface area (Å²) in [5.74, 6) is 0.113. The molecule has 8 nitrogen and oxygen atoms in total. The minimum atomic E-state index is -3.27. The minimum absolute atomic E-state index is 0.0607. The number of aliphatic hydroxyl groups is 1. The molecule has 1 amide bonds. The van der Waals surface area contributed by atoms with Crippen molar-refractivity contribution in [2.24, 2.45) is 5.92 Å². The molecule has 0 radical (unpaired) electrons. The van der Waals surface area contributed by atoms with E-state index in [0.717, 1.165) is 11.8 Å². The van der Waals surface area contributed by atoms with Gasteiger partial charge in [-0.1, -0.05) is 37.3 Å². The smallest absolute Gasteiger partial charge is 0.393 e. The summed E-state index contributed by atoms with van der Waals surface area (Å²) >= 11 is 0.671. The highest BCUT2D eigenvalue weighted by Crippen LogP contribution is 2.34. The van der Waals surface area contributed by atoms with E-state index in [-0.39, 0.29) is 28.7 Å². The highest BCUT2D eigenvalue weighted by molar-refractivity contribution is 7.92. The van der Waals surface area contributed by atoms with E-state index in [1.807, 2.05) is 13.8 Å². The number of aliphatic hydroxyl groups excluding tert-OH is 1. The Morgan fingerprint density at radius 1 is 1.33 bits per heavy atom. The van der Waals surface area contributed by atoms with Gasteiger partial charge in [-0.2, -0.15) is 4.39 Å². The number of sulfone groups is 1. The second kappa shape index (κ2) is 9.24. The lowest BCUT2D eigenvalue weighted by Gasteiger charge is -2.12. The Morgan fingerprint density at radius 2 is 2.03 bits per heavy atom. The Bertz CT molecular complexity index is 1250. The summed E-state index contributed by atoms with van der Waals surface area (Å²) in [6.45, 7) is 4.01. The molecule has 1 saturated carbocycles. The molecule has 0 spiro atoms. The zero-order valence-electron chi connectivity index (χ0n) is 18.1. The van der Waals surface area contributed by atoms with Crippen LogP contribution in [0.5, 0.6) is 5.88 Å². The van der Waals surface area contributed by atoms with Crippen molar-refractivity contribution >= 4 is 32.4 Å². The second-order valence-electron chi connectivity index (χ2n) is 8.30. The fraction of sp³-hybridized carbons (Fsp3) is 0.364. The molecular formula is C22H24FN3O5S2. The maximum atomic E-state index is 13.1. The van der Waals surface area contributed by atoms with Crippen LogP contribution in [0.2, 0.25) is 0 Å². The first-order valence-corrected chi connectivity index (χ1v) is 12.8. The van der Waals surface area contributed by atoms with E-state index in [9.17, 15) is 22.7 Å². The van der Waals surface area contributed by atoms with Gasteiger partial charge in [0.05, 0.1) is 29.0 Å². The first-order valence-electron chi connectivity index (χ1n) is 10.4. The lowest BCUT2D eigenvalue weighted by atomic mass is 10.0. The lowest BCUT2D eigenvalue weighted by molar-refractivity contribution is 0.127. The number of amides is 1. The number of aromatic nitrogens is 2. The maximum absolute atomic E-state index is 13.1. The van der Waals surface area contributed by atoms with Gasteiger partial charge in [0.25, 0.3) is 0 Å². The van der Waals surface area contributed by atoms with Crippen LogP contribution in [0.15, 0.2) is 47.6 Å². The summed E-state index contributed by atoms with van der Waals surface area (Å²) in [6.07, 6.45) is 2.46. The zero-order valence-corrected chi connectivity index (χ0v) is 19.7. The van der Waals surface area contributed by atoms with Crippen LogP contribution in [0.4, 0.5) is 14.3 Å². The van der Waals surface area contributed by atoms with Gasteiger partial charge in [-0.05, 0) is 36.5 Å². The van der Waals surface area contributed by atoms with E-state index in [1.54, 1.807) is 41.1 Å². The molecule has 2 N–H and O–H groups in total. The quantitative estimate of drug-likeness (QED) is 0.482. The Balaban J connectivity index is 1.54. The van der Waals surface area contributed by atoms with Crippen molar-refractivity contribution in [1.82, 2.24) is 9.55 Å². The molecular weight excluding hydrogens is 469 g/mol. The predicted octanol–water partition coefficient (Wildman–Crippen LogP) is 4.37. The molecule has 1 atom stereocenters. The molecule has 2 heterocycles. The molecule has 176 valence electrons. The topological polar surface area (TPSA) is 111 Å². The van der Waals surface area contributed by atoms with E-state index in [0.29, 0.717) is 34.6 Å². The molecule has 0 aliphatic heterocycles. The molecule has 1 aromatic carbocycles. The molecule has 4 rings (SSSR count). The number of nitrogens with zero attached hydrogens (tertiary/aromatic N) is 2. The van der Waals surface area contributed by atoms with Crippen molar-refractivity contribution in [3.05, 3.63) is 59.0 Å². The fourth-order valence-electron chi connectivity index (χ4n) is 3.34. The number of benzene rings is 1. The van der Waals surface area contributed by atoms with Gasteiger partial charge in [-0.3, -0.25) is 5.32 Å². The van der Waals surface area contributed by atoms with Crippen molar-refractivity contribution in [3.63, 3.8) is 0 Å². The standard InChI is InChI=1S/C22H24FN3O5S2/c1-13(2)20(27)15-9-19(31-22(28)25-21-24-10-18(23)32-21)26(12-15)11-14-3-5-16(6-4-14)33(29,30)17-7-8-17/h3-6,9-10,12-13,17,20,27H,7-8,11H2,1-2H3,(H,24,25,28). The van der Waals surface area contributed by atoms with Gasteiger partial charge in [0.1, 0.15) is 0 Å². The van der Waals surface area contributed by atoms with Crippen LogP contribution >= 0.6 is 11.3 Å². The largest absolute Gasteiger partial charge is 0.420 e. The Hall–Kier alpha value is -2.76. The summed E-state index contributed by atoms with van der Waals surface area (Å²) in [5, 5.41) is 12.1. The van der Waals surface area contributed by atoms with Crippen LogP contribution in [-0.4, -0.2) is 34.4 Å². The number of rotatable bonds is 8. The average molecular weight is 494 g/mol. The number of nitrogens with one attached hydrogen (secondary N) is 1. The van der Waals surface area contributed by atoms with Gasteiger partial charge in [0.15, 0.2) is 20.1 Å². The summed E-state index contributed by atoms with van der Waals surface area (Å²) in [4.78, 5) is 16.3. The fourth-order valence-corrected chi connectivity index (χ4v) is 5.52. The van der Waals surface area contributed by atoms with Crippen molar-refractivity contribution in [3.8, 4) is 5.88 Å². The van der Waals surface area contributed by atoms with Crippen molar-refractivity contribution in [2.75, 3.05) is 5.32 Å². The Kier molecular flexibility index (Phi) is 6.55. The van der Waals surface area contributed by atoms with Crippen LogP contribution in [0, 0.1) is 11.0 Å². The highest BCUT2D eigenvalue weighted by Gasteiger charge is 2.36. The molecule has 0 saturated heterocycles. The summed E-state index contributed by atoms with van der Waals surface area (Å²) in [5.41, 5.74) is 1.36. The normalized spacial score (nSPS) is 14.9. The number of anilines is 1. The van der Waals surface area contributed by atoms with E-state index in [1.165, 1.54) is 0 Å². The SMILES string of the molecule is CC(C)C(O)c1cc(OC(=O)Nc2ncc(F)s2)n(Cc2ccc(S(=O)(=O)C3CC3)cc2)c1. The summed E-state index contributed by atoms with van der Waals surface area (Å²) in [7, 11) is -3.27. The van der Waals surface area contributed by atoms with Crippen molar-refractivity contribution < 1.29 is 27.4 Å². The van der Waals surface area contributed by atoms with E-state index >= 15 is 0 Å². The number of thiazole rings is 1. The van der Waals surface area contributed by atoms with E-state index < -0.39 is 27.2 Å². The lowest BCUT2D eigenvalue weighted by Crippen LogP contribution is -2.18. The third kappa shape index (κ3) is 5.43. The third-order valence-electron chi connectivity index (χ3n) is 5.30. The van der Waals surface area contributed by atoms with Gasteiger partial charge in [-0.25, -0.2) is 18.2 Å². The van der Waals surface area contributed by atoms with Gasteiger partial charge >= 0.3 is 6.09 Å². The first-order chi connectivity index (χ1) is 15.6. The molecule has 3 aromatic rings. The monoisotopic (exact) mass is 493 g/mol. The number of ether oxygens (including phenoxy) is 1. The predicted molar refractivity (Wildman–Crippen MR) is 122 cm³/mol. The van der Waals surface area contributed by atoms with Crippen LogP contribution in [0.3, 0.4) is 0 Å². The van der Waals surface area contributed by atoms with E-state index in [2.05, 4.69) is 10.3 Å². The minimum Gasteiger partial charge on any atom is -0.393 e. The van der Waals surface area contributed by atoms with Crippen LogP contribution in [0.1, 0.15) is 43.9 Å². The third-order valence-corrected chi connectivity index (χ3v) is 8.28. The van der Waals surface area contributed by atoms with Gasteiger partial charge in [-0.15, -0.1) is 0 Å². The summed E-state index contributed by atoms with van der Waals surface area (Å²) in [6, 6.07) is 8.17. The average Bonchev–Trinajstić information content (AvgIpc) is 3.46. The number of hydrogen-bond acceptors (Lipinski definition) is 7. The zero-order chi connectivity index (χ0) is 23.8. The molecule has 33 heavy (non-hydrogen) atoms. The molecule has 11 heteroatoms. The molecule has 2 aromatic heterocycles. The first kappa shape index (κ1) is 23.4. The molecule has 1 unspecified atom stereocenters. The van der Waals surface area contributed by atoms with Crippen molar-refractivity contribution in [1.29, 1.82) is 0 Å².